The average molecular weight is 273 g/mol. The maximum atomic E-state index is 12.4. The molecule has 5 nitrogen and oxygen atoms in total. The summed E-state index contributed by atoms with van der Waals surface area (Å²) in [4.78, 5) is 18.1. The summed E-state index contributed by atoms with van der Waals surface area (Å²) < 4.78 is 1.86. The Morgan fingerprint density at radius 1 is 1.50 bits per heavy atom. The zero-order valence-corrected chi connectivity index (χ0v) is 11.6. The molecule has 0 saturated heterocycles. The fraction of sp³-hybridized carbons (Fsp3) is 0.467. The van der Waals surface area contributed by atoms with Crippen LogP contribution < -0.4 is 0 Å². The Morgan fingerprint density at radius 3 is 3.00 bits per heavy atom. The third-order valence-electron chi connectivity index (χ3n) is 4.07. The predicted molar refractivity (Wildman–Crippen MR) is 75.6 cm³/mol. The number of fused-ring (bicyclic) bond motifs is 1. The lowest BCUT2D eigenvalue weighted by Gasteiger charge is -2.28. The van der Waals surface area contributed by atoms with E-state index in [2.05, 4.69) is 4.98 Å². The van der Waals surface area contributed by atoms with E-state index in [0.29, 0.717) is 12.1 Å². The van der Waals surface area contributed by atoms with Gasteiger partial charge in [0.2, 0.25) is 0 Å². The number of amides is 1. The summed E-state index contributed by atoms with van der Waals surface area (Å²) in [6.45, 7) is 0.399. The standard InChI is InChI=1S/C15H19N3O2/c1-17(10-15(20)5-2-3-6-15)14(19)12-4-7-18-11-16-9-13(18)8-12/h4,7-9,11,20H,2-3,5-6,10H2,1H3. The Morgan fingerprint density at radius 2 is 2.25 bits per heavy atom. The molecule has 0 unspecified atom stereocenters. The lowest BCUT2D eigenvalue weighted by molar-refractivity contribution is 0.0157. The quantitative estimate of drug-likeness (QED) is 0.926. The smallest absolute Gasteiger partial charge is 0.253 e. The Labute approximate surface area is 117 Å². The molecule has 1 saturated carbocycles. The number of nitrogens with zero attached hydrogens (tertiary/aromatic N) is 3. The topological polar surface area (TPSA) is 57.8 Å². The maximum absolute atomic E-state index is 12.4. The number of likely N-dealkylation sites (N-methyl/N-ethyl adjacent to an activating group) is 1. The molecule has 0 aliphatic heterocycles. The van der Waals surface area contributed by atoms with Crippen molar-refractivity contribution in [2.45, 2.75) is 31.3 Å². The van der Waals surface area contributed by atoms with Crippen LogP contribution in [-0.4, -0.2) is 44.5 Å². The van der Waals surface area contributed by atoms with Gasteiger partial charge in [-0.1, -0.05) is 12.8 Å². The number of hydrogen-bond donors (Lipinski definition) is 1. The molecule has 20 heavy (non-hydrogen) atoms. The number of rotatable bonds is 3. The predicted octanol–water partition coefficient (Wildman–Crippen LogP) is 1.71. The Kier molecular flexibility index (Phi) is 3.22. The van der Waals surface area contributed by atoms with Crippen molar-refractivity contribution in [1.29, 1.82) is 0 Å². The van der Waals surface area contributed by atoms with Gasteiger partial charge in [-0.3, -0.25) is 4.79 Å². The van der Waals surface area contributed by atoms with Crippen molar-refractivity contribution in [3.8, 4) is 0 Å². The molecule has 2 heterocycles. The van der Waals surface area contributed by atoms with Gasteiger partial charge in [0.1, 0.15) is 0 Å². The second kappa shape index (κ2) is 4.90. The van der Waals surface area contributed by atoms with Crippen molar-refractivity contribution in [3.05, 3.63) is 36.4 Å². The van der Waals surface area contributed by atoms with Crippen LogP contribution in [0.2, 0.25) is 0 Å². The molecule has 5 heteroatoms. The summed E-state index contributed by atoms with van der Waals surface area (Å²) in [7, 11) is 1.75. The molecule has 2 aromatic rings. The van der Waals surface area contributed by atoms with E-state index in [9.17, 15) is 9.90 Å². The highest BCUT2D eigenvalue weighted by atomic mass is 16.3. The van der Waals surface area contributed by atoms with Gasteiger partial charge in [0.05, 0.1) is 23.6 Å². The van der Waals surface area contributed by atoms with Gasteiger partial charge in [-0.05, 0) is 25.0 Å². The van der Waals surface area contributed by atoms with Crippen LogP contribution in [0.15, 0.2) is 30.9 Å². The third-order valence-corrected chi connectivity index (χ3v) is 4.07. The van der Waals surface area contributed by atoms with Gasteiger partial charge >= 0.3 is 0 Å². The molecule has 1 amide bonds. The van der Waals surface area contributed by atoms with Crippen molar-refractivity contribution in [3.63, 3.8) is 0 Å². The molecule has 1 aliphatic carbocycles. The molecular weight excluding hydrogens is 254 g/mol. The first kappa shape index (κ1) is 13.1. The normalized spacial score (nSPS) is 17.5. The first-order valence-corrected chi connectivity index (χ1v) is 6.97. The van der Waals surface area contributed by atoms with Crippen LogP contribution >= 0.6 is 0 Å². The van der Waals surface area contributed by atoms with Gasteiger partial charge in [0.25, 0.3) is 5.91 Å². The molecule has 0 bridgehead atoms. The SMILES string of the molecule is CN(CC1(O)CCCC1)C(=O)c1ccn2cncc2c1. The average Bonchev–Trinajstić information content (AvgIpc) is 3.05. The first-order valence-electron chi connectivity index (χ1n) is 6.97. The fourth-order valence-corrected chi connectivity index (χ4v) is 2.98. The molecule has 1 aliphatic rings. The largest absolute Gasteiger partial charge is 0.388 e. The van der Waals surface area contributed by atoms with Crippen molar-refractivity contribution in [2.24, 2.45) is 0 Å². The summed E-state index contributed by atoms with van der Waals surface area (Å²) in [6.07, 6.45) is 8.91. The van der Waals surface area contributed by atoms with Gasteiger partial charge < -0.3 is 14.4 Å². The van der Waals surface area contributed by atoms with E-state index < -0.39 is 5.60 Å². The van der Waals surface area contributed by atoms with Crippen LogP contribution in [0, 0.1) is 0 Å². The van der Waals surface area contributed by atoms with E-state index in [1.807, 2.05) is 16.7 Å². The second-order valence-corrected chi connectivity index (χ2v) is 5.73. The van der Waals surface area contributed by atoms with Crippen LogP contribution in [-0.2, 0) is 0 Å². The highest BCUT2D eigenvalue weighted by molar-refractivity contribution is 5.95. The summed E-state index contributed by atoms with van der Waals surface area (Å²) >= 11 is 0. The van der Waals surface area contributed by atoms with Crippen LogP contribution in [0.5, 0.6) is 0 Å². The molecule has 1 fully saturated rings. The molecule has 1 N–H and O–H groups in total. The summed E-state index contributed by atoms with van der Waals surface area (Å²) in [6, 6.07) is 3.61. The molecule has 0 radical (unpaired) electrons. The fourth-order valence-electron chi connectivity index (χ4n) is 2.98. The maximum Gasteiger partial charge on any atom is 0.253 e. The molecule has 106 valence electrons. The Hall–Kier alpha value is -1.88. The minimum atomic E-state index is -0.703. The number of imidazole rings is 1. The lowest BCUT2D eigenvalue weighted by atomic mass is 10.0. The van der Waals surface area contributed by atoms with E-state index in [4.69, 9.17) is 0 Å². The summed E-state index contributed by atoms with van der Waals surface area (Å²) in [5.41, 5.74) is 0.816. The van der Waals surface area contributed by atoms with E-state index in [0.717, 1.165) is 31.2 Å². The van der Waals surface area contributed by atoms with Crippen LogP contribution in [0.3, 0.4) is 0 Å². The number of hydrogen-bond acceptors (Lipinski definition) is 3. The van der Waals surface area contributed by atoms with Crippen LogP contribution in [0.1, 0.15) is 36.0 Å². The summed E-state index contributed by atoms with van der Waals surface area (Å²) in [5.74, 6) is -0.0611. The van der Waals surface area contributed by atoms with Gasteiger partial charge in [0.15, 0.2) is 0 Å². The zero-order chi connectivity index (χ0) is 14.2. The minimum absolute atomic E-state index is 0.0611. The monoisotopic (exact) mass is 273 g/mol. The number of carbonyl (C=O) groups is 1. The molecule has 3 rings (SSSR count). The van der Waals surface area contributed by atoms with Crippen molar-refractivity contribution in [2.75, 3.05) is 13.6 Å². The Bertz CT molecular complexity index is 629. The molecule has 0 spiro atoms. The van der Waals surface area contributed by atoms with Gasteiger partial charge in [-0.25, -0.2) is 4.98 Å². The minimum Gasteiger partial charge on any atom is -0.388 e. The first-order chi connectivity index (χ1) is 9.57. The molecule has 2 aromatic heterocycles. The molecule has 0 atom stereocenters. The lowest BCUT2D eigenvalue weighted by Crippen LogP contribution is -2.42. The highest BCUT2D eigenvalue weighted by Gasteiger charge is 2.33. The van der Waals surface area contributed by atoms with Crippen LogP contribution in [0.25, 0.3) is 5.52 Å². The van der Waals surface area contributed by atoms with Crippen molar-refractivity contribution >= 4 is 11.4 Å². The third kappa shape index (κ3) is 2.41. The number of aliphatic hydroxyl groups is 1. The van der Waals surface area contributed by atoms with Crippen LogP contribution in [0.4, 0.5) is 0 Å². The van der Waals surface area contributed by atoms with Crippen molar-refractivity contribution < 1.29 is 9.90 Å². The van der Waals surface area contributed by atoms with E-state index >= 15 is 0 Å². The highest BCUT2D eigenvalue weighted by Crippen LogP contribution is 2.30. The number of aromatic nitrogens is 2. The van der Waals surface area contributed by atoms with E-state index in [1.54, 1.807) is 30.5 Å². The van der Waals surface area contributed by atoms with E-state index in [-0.39, 0.29) is 5.91 Å². The van der Waals surface area contributed by atoms with Gasteiger partial charge in [0, 0.05) is 25.4 Å². The summed E-state index contributed by atoms with van der Waals surface area (Å²) in [5, 5.41) is 10.4. The second-order valence-electron chi connectivity index (χ2n) is 5.73. The van der Waals surface area contributed by atoms with Crippen molar-refractivity contribution in [1.82, 2.24) is 14.3 Å². The Balaban J connectivity index is 1.76. The zero-order valence-electron chi connectivity index (χ0n) is 11.6. The van der Waals surface area contributed by atoms with E-state index in [1.165, 1.54) is 0 Å². The van der Waals surface area contributed by atoms with Gasteiger partial charge in [-0.15, -0.1) is 0 Å². The molecule has 0 aromatic carbocycles. The molecular formula is C15H19N3O2. The number of pyridine rings is 1. The van der Waals surface area contributed by atoms with Gasteiger partial charge in [-0.2, -0.15) is 0 Å². The number of carbonyl (C=O) groups excluding carboxylic acids is 1.